The summed E-state index contributed by atoms with van der Waals surface area (Å²) in [5.41, 5.74) is 1.99. The average Bonchev–Trinajstić information content (AvgIpc) is 2.94. The topological polar surface area (TPSA) is 57.2 Å². The molecule has 0 atom stereocenters. The molecule has 0 fully saturated rings. The minimum absolute atomic E-state index is 0. The predicted octanol–water partition coefficient (Wildman–Crippen LogP) is 8.45. The van der Waals surface area contributed by atoms with Crippen LogP contribution in [0.3, 0.4) is 0 Å². The van der Waals surface area contributed by atoms with Gasteiger partial charge in [-0.3, -0.25) is 0 Å². The van der Waals surface area contributed by atoms with Crippen molar-refractivity contribution in [3.05, 3.63) is 41.5 Å². The third-order valence-corrected chi connectivity index (χ3v) is 9.44. The molecular weight excluding hydrogens is 552 g/mol. The van der Waals surface area contributed by atoms with Crippen LogP contribution in [0, 0.1) is 0 Å². The van der Waals surface area contributed by atoms with Crippen LogP contribution in [0.5, 0.6) is 0 Å². The van der Waals surface area contributed by atoms with E-state index in [1.165, 1.54) is 134 Å². The summed E-state index contributed by atoms with van der Waals surface area (Å²) in [6.45, 7) is 4.53. The number of hydrogen-bond donors (Lipinski definition) is 0. The van der Waals surface area contributed by atoms with E-state index in [1.54, 1.807) is 6.07 Å². The summed E-state index contributed by atoms with van der Waals surface area (Å²) in [5, 5.41) is 2.00. The Morgan fingerprint density at radius 1 is 0.537 bits per heavy atom. The Bertz CT molecular complexity index is 1030. The van der Waals surface area contributed by atoms with Crippen LogP contribution in [-0.4, -0.2) is 13.0 Å². The average molecular weight is 611 g/mol. The van der Waals surface area contributed by atoms with Crippen LogP contribution in [-0.2, 0) is 23.0 Å². The summed E-state index contributed by atoms with van der Waals surface area (Å²) < 4.78 is 36.3. The van der Waals surface area contributed by atoms with Crippen LogP contribution >= 0.6 is 0 Å². The molecule has 41 heavy (non-hydrogen) atoms. The van der Waals surface area contributed by atoms with Gasteiger partial charge in [0.1, 0.15) is 10.1 Å². The zero-order valence-electron chi connectivity index (χ0n) is 27.0. The monoisotopic (exact) mass is 610 g/mol. The van der Waals surface area contributed by atoms with Gasteiger partial charge in [0.05, 0.1) is 4.90 Å². The van der Waals surface area contributed by atoms with Crippen molar-refractivity contribution in [1.82, 2.24) is 0 Å². The predicted molar refractivity (Wildman–Crippen MR) is 172 cm³/mol. The fraction of sp³-hybridized carbons (Fsp3) is 0.722. The molecule has 0 amide bonds. The molecule has 0 aliphatic carbocycles. The molecule has 2 rings (SSSR count). The molecule has 0 aromatic heterocycles. The first-order valence-corrected chi connectivity index (χ1v) is 18.4. The summed E-state index contributed by atoms with van der Waals surface area (Å²) in [6.07, 6.45) is 30.1. The van der Waals surface area contributed by atoms with E-state index in [1.807, 2.05) is 0 Å². The molecule has 0 spiro atoms. The first-order valence-electron chi connectivity index (χ1n) is 17.0. The van der Waals surface area contributed by atoms with Gasteiger partial charge in [-0.25, -0.2) is 8.42 Å². The molecule has 0 radical (unpaired) electrons. The van der Waals surface area contributed by atoms with E-state index in [4.69, 9.17) is 0 Å². The Hall–Kier alpha value is 0.246. The van der Waals surface area contributed by atoms with Crippen molar-refractivity contribution < 1.29 is 64.4 Å². The molecule has 0 N–H and O–H groups in total. The van der Waals surface area contributed by atoms with Gasteiger partial charge in [0, 0.05) is 0 Å². The quantitative estimate of drug-likeness (QED) is 0.0644. The fourth-order valence-corrected chi connectivity index (χ4v) is 6.76. The Kier molecular flexibility index (Phi) is 23.5. The van der Waals surface area contributed by atoms with Crippen molar-refractivity contribution in [2.45, 2.75) is 173 Å². The normalized spacial score (nSPS) is 11.7. The number of unbranched alkanes of at least 4 members (excludes halogenated alkanes) is 20. The van der Waals surface area contributed by atoms with Crippen LogP contribution in [0.2, 0.25) is 0 Å². The van der Waals surface area contributed by atoms with Crippen LogP contribution in [0.1, 0.15) is 166 Å². The molecule has 5 heteroatoms. The number of benzene rings is 2. The maximum absolute atomic E-state index is 12.1. The summed E-state index contributed by atoms with van der Waals surface area (Å²) in [4.78, 5) is -0.0149. The summed E-state index contributed by atoms with van der Waals surface area (Å²) in [6, 6.07) is 9.77. The molecule has 0 aliphatic rings. The van der Waals surface area contributed by atoms with E-state index in [-0.39, 0.29) is 56.3 Å². The molecule has 0 saturated heterocycles. The van der Waals surface area contributed by atoms with Gasteiger partial charge in [0.25, 0.3) is 0 Å². The summed E-state index contributed by atoms with van der Waals surface area (Å²) in [7, 11) is -4.49. The molecule has 2 aromatic rings. The first-order chi connectivity index (χ1) is 19.5. The second kappa shape index (κ2) is 24.6. The maximum Gasteiger partial charge on any atom is 1.00 e. The van der Waals surface area contributed by atoms with E-state index < -0.39 is 10.1 Å². The van der Waals surface area contributed by atoms with Crippen molar-refractivity contribution >= 4 is 20.9 Å². The molecular formula is C36H59KO3S. The number of rotatable bonds is 25. The van der Waals surface area contributed by atoms with Crippen LogP contribution < -0.4 is 51.4 Å². The Labute approximate surface area is 296 Å². The van der Waals surface area contributed by atoms with Gasteiger partial charge in [0.15, 0.2) is 0 Å². The Morgan fingerprint density at radius 3 is 1.37 bits per heavy atom. The second-order valence-electron chi connectivity index (χ2n) is 12.1. The largest absolute Gasteiger partial charge is 1.00 e. The molecule has 2 aromatic carbocycles. The van der Waals surface area contributed by atoms with Crippen molar-refractivity contribution in [2.24, 2.45) is 0 Å². The first kappa shape index (κ1) is 39.3. The van der Waals surface area contributed by atoms with E-state index in [2.05, 4.69) is 32.0 Å². The van der Waals surface area contributed by atoms with Gasteiger partial charge >= 0.3 is 51.4 Å². The van der Waals surface area contributed by atoms with Gasteiger partial charge in [-0.2, -0.15) is 0 Å². The molecule has 0 aliphatic heterocycles. The second-order valence-corrected chi connectivity index (χ2v) is 13.5. The van der Waals surface area contributed by atoms with Gasteiger partial charge in [0.2, 0.25) is 0 Å². The number of hydrogen-bond acceptors (Lipinski definition) is 3. The van der Waals surface area contributed by atoms with Crippen LogP contribution in [0.25, 0.3) is 10.8 Å². The van der Waals surface area contributed by atoms with Gasteiger partial charge in [-0.15, -0.1) is 0 Å². The van der Waals surface area contributed by atoms with Crippen molar-refractivity contribution in [3.8, 4) is 0 Å². The third-order valence-electron chi connectivity index (χ3n) is 8.52. The molecule has 3 nitrogen and oxygen atoms in total. The molecule has 0 bridgehead atoms. The van der Waals surface area contributed by atoms with Gasteiger partial charge in [-0.05, 0) is 53.6 Å². The SMILES string of the molecule is CCCCCCCCCCCCCc1ccc2ccc(S(=O)(=O)[O-])c(CCCCCCCCCCCCC)c2c1.[K+]. The van der Waals surface area contributed by atoms with E-state index in [0.29, 0.717) is 6.42 Å². The smallest absolute Gasteiger partial charge is 0.744 e. The van der Waals surface area contributed by atoms with Gasteiger partial charge < -0.3 is 4.55 Å². The van der Waals surface area contributed by atoms with Gasteiger partial charge in [-0.1, -0.05) is 167 Å². The van der Waals surface area contributed by atoms with Crippen LogP contribution in [0.4, 0.5) is 0 Å². The third kappa shape index (κ3) is 17.4. The van der Waals surface area contributed by atoms with Crippen molar-refractivity contribution in [1.29, 1.82) is 0 Å². The number of aryl methyl sites for hydroxylation is 2. The Balaban J connectivity index is 0.00000840. The zero-order valence-corrected chi connectivity index (χ0v) is 30.9. The molecule has 0 heterocycles. The standard InChI is InChI=1S/C36H60O3S.K/c1-3-5-7-9-11-13-15-17-19-21-23-25-32-27-28-33-29-30-36(40(37,38)39)34(35(33)31-32)26-24-22-20-18-16-14-12-10-8-6-4-2;/h27-31H,3-26H2,1-2H3,(H,37,38,39);/q;+1/p-1. The van der Waals surface area contributed by atoms with Crippen LogP contribution in [0.15, 0.2) is 35.2 Å². The molecule has 0 saturated carbocycles. The maximum atomic E-state index is 12.1. The number of fused-ring (bicyclic) bond motifs is 1. The van der Waals surface area contributed by atoms with E-state index in [9.17, 15) is 13.0 Å². The van der Waals surface area contributed by atoms with E-state index in [0.717, 1.165) is 42.0 Å². The van der Waals surface area contributed by atoms with Crippen molar-refractivity contribution in [2.75, 3.05) is 0 Å². The molecule has 0 unspecified atom stereocenters. The molecule has 228 valence electrons. The minimum Gasteiger partial charge on any atom is -0.744 e. The van der Waals surface area contributed by atoms with E-state index >= 15 is 0 Å². The summed E-state index contributed by atoms with van der Waals surface area (Å²) in [5.74, 6) is 0. The summed E-state index contributed by atoms with van der Waals surface area (Å²) >= 11 is 0. The zero-order chi connectivity index (χ0) is 28.9. The minimum atomic E-state index is -4.49. The van der Waals surface area contributed by atoms with Crippen molar-refractivity contribution in [3.63, 3.8) is 0 Å². The fourth-order valence-electron chi connectivity index (χ4n) is 6.02. The Morgan fingerprint density at radius 2 is 0.927 bits per heavy atom.